The summed E-state index contributed by atoms with van der Waals surface area (Å²) in [6.45, 7) is 0.272. The summed E-state index contributed by atoms with van der Waals surface area (Å²) >= 11 is 7.49. The smallest absolute Gasteiger partial charge is 0.417 e. The molecule has 0 saturated carbocycles. The van der Waals surface area contributed by atoms with Crippen molar-refractivity contribution in [2.75, 3.05) is 4.31 Å². The third-order valence-electron chi connectivity index (χ3n) is 5.12. The van der Waals surface area contributed by atoms with Crippen molar-refractivity contribution in [3.63, 3.8) is 0 Å². The van der Waals surface area contributed by atoms with Gasteiger partial charge in [0.1, 0.15) is 0 Å². The minimum Gasteiger partial charge on any atom is -0.478 e. The molecule has 0 unspecified atom stereocenters. The van der Waals surface area contributed by atoms with E-state index in [1.807, 2.05) is 54.6 Å². The first-order valence-electron chi connectivity index (χ1n) is 10.4. The molecule has 0 atom stereocenters. The molecule has 0 aliphatic heterocycles. The van der Waals surface area contributed by atoms with Crippen LogP contribution in [-0.2, 0) is 12.7 Å². The number of anilines is 1. The van der Waals surface area contributed by atoms with Crippen LogP contribution in [0.25, 0.3) is 11.1 Å². The van der Waals surface area contributed by atoms with E-state index in [-0.39, 0.29) is 22.9 Å². The summed E-state index contributed by atoms with van der Waals surface area (Å²) in [6.07, 6.45) is -3.81. The molecule has 0 fully saturated rings. The summed E-state index contributed by atoms with van der Waals surface area (Å²) in [5, 5.41) is 9.01. The van der Waals surface area contributed by atoms with E-state index in [2.05, 4.69) is 4.98 Å². The molecule has 4 aromatic rings. The maximum Gasteiger partial charge on any atom is 0.417 e. The topological polar surface area (TPSA) is 53.4 Å². The lowest BCUT2D eigenvalue weighted by Crippen LogP contribution is -2.17. The van der Waals surface area contributed by atoms with Crippen molar-refractivity contribution in [1.29, 1.82) is 0 Å². The van der Waals surface area contributed by atoms with Crippen LogP contribution in [0.1, 0.15) is 21.5 Å². The van der Waals surface area contributed by atoms with E-state index in [4.69, 9.17) is 16.7 Å². The number of halogens is 4. The fraction of sp³-hybridized carbons (Fsp3) is 0.0769. The molecule has 4 rings (SSSR count). The first-order valence-corrected chi connectivity index (χ1v) is 11.5. The van der Waals surface area contributed by atoms with E-state index in [9.17, 15) is 18.0 Å². The highest BCUT2D eigenvalue weighted by Gasteiger charge is 2.32. The molecule has 0 aliphatic rings. The Labute approximate surface area is 209 Å². The largest absolute Gasteiger partial charge is 0.478 e. The highest BCUT2D eigenvalue weighted by atomic mass is 35.5. The molecule has 0 radical (unpaired) electrons. The van der Waals surface area contributed by atoms with Gasteiger partial charge in [0, 0.05) is 11.1 Å². The summed E-state index contributed by atoms with van der Waals surface area (Å²) in [5.74, 6) is -0.891. The number of nitrogens with zero attached hydrogens (tertiary/aromatic N) is 2. The number of pyridine rings is 1. The molecule has 0 bridgehead atoms. The van der Waals surface area contributed by atoms with Crippen LogP contribution in [0.3, 0.4) is 0 Å². The van der Waals surface area contributed by atoms with Gasteiger partial charge in [-0.3, -0.25) is 4.31 Å². The molecule has 35 heavy (non-hydrogen) atoms. The van der Waals surface area contributed by atoms with Gasteiger partial charge in [-0.15, -0.1) is 0 Å². The van der Waals surface area contributed by atoms with Crippen LogP contribution in [-0.4, -0.2) is 16.1 Å². The first-order chi connectivity index (χ1) is 16.7. The Kier molecular flexibility index (Phi) is 7.33. The maximum atomic E-state index is 13.2. The lowest BCUT2D eigenvalue weighted by molar-refractivity contribution is -0.137. The fourth-order valence-corrected chi connectivity index (χ4v) is 4.68. The first kappa shape index (κ1) is 24.6. The van der Waals surface area contributed by atoms with Gasteiger partial charge in [-0.25, -0.2) is 9.78 Å². The monoisotopic (exact) mass is 514 g/mol. The standard InChI is InChI=1S/C26H18ClF3N2O2S/c27-23-14-20(26(28,29)30)15-31-24(23)32(35-21-12-10-18(11-13-21)25(33)34)16-19-8-4-5-9-22(19)17-6-2-1-3-7-17/h1-15H,16H2,(H,33,34). The lowest BCUT2D eigenvalue weighted by Gasteiger charge is -2.25. The Balaban J connectivity index is 1.74. The average Bonchev–Trinajstić information content (AvgIpc) is 2.84. The summed E-state index contributed by atoms with van der Waals surface area (Å²) in [4.78, 5) is 15.9. The number of carbonyl (C=O) groups is 1. The van der Waals surface area contributed by atoms with E-state index in [1.54, 1.807) is 16.4 Å². The average molecular weight is 515 g/mol. The molecule has 3 aromatic carbocycles. The zero-order chi connectivity index (χ0) is 25.0. The Morgan fingerprint density at radius 3 is 2.26 bits per heavy atom. The van der Waals surface area contributed by atoms with Crippen LogP contribution in [0, 0.1) is 0 Å². The van der Waals surface area contributed by atoms with E-state index in [0.29, 0.717) is 4.90 Å². The molecule has 1 heterocycles. The van der Waals surface area contributed by atoms with Crippen molar-refractivity contribution < 1.29 is 23.1 Å². The molecular formula is C26H18ClF3N2O2S. The van der Waals surface area contributed by atoms with Crippen LogP contribution in [0.15, 0.2) is 96.0 Å². The number of rotatable bonds is 7. The Morgan fingerprint density at radius 1 is 0.971 bits per heavy atom. The SMILES string of the molecule is O=C(O)c1ccc(SN(Cc2ccccc2-c2ccccc2)c2ncc(C(F)(F)F)cc2Cl)cc1. The summed E-state index contributed by atoms with van der Waals surface area (Å²) in [7, 11) is 0. The molecule has 0 spiro atoms. The maximum absolute atomic E-state index is 13.2. The Bertz CT molecular complexity index is 1330. The van der Waals surface area contributed by atoms with E-state index in [1.165, 1.54) is 24.1 Å². The van der Waals surface area contributed by atoms with Crippen molar-refractivity contribution in [3.05, 3.63) is 113 Å². The van der Waals surface area contributed by atoms with Gasteiger partial charge in [0.25, 0.3) is 0 Å². The number of benzene rings is 3. The molecule has 4 nitrogen and oxygen atoms in total. The fourth-order valence-electron chi connectivity index (χ4n) is 3.42. The third-order valence-corrected chi connectivity index (χ3v) is 6.40. The minimum absolute atomic E-state index is 0.126. The molecule has 0 saturated heterocycles. The van der Waals surface area contributed by atoms with Gasteiger partial charge in [-0.05, 0) is 59.0 Å². The van der Waals surface area contributed by atoms with Crippen molar-refractivity contribution in [2.24, 2.45) is 0 Å². The number of carboxylic acid groups (broad SMARTS) is 1. The highest BCUT2D eigenvalue weighted by molar-refractivity contribution is 8.00. The predicted octanol–water partition coefficient (Wildman–Crippen LogP) is 7.83. The second-order valence-corrected chi connectivity index (χ2v) is 9.01. The minimum atomic E-state index is -4.57. The number of alkyl halides is 3. The van der Waals surface area contributed by atoms with Gasteiger partial charge in [0.2, 0.25) is 0 Å². The van der Waals surface area contributed by atoms with E-state index in [0.717, 1.165) is 29.0 Å². The Hall–Kier alpha value is -3.49. The van der Waals surface area contributed by atoms with Gasteiger partial charge >= 0.3 is 12.1 Å². The molecule has 1 aromatic heterocycles. The number of hydrogen-bond donors (Lipinski definition) is 1. The normalized spacial score (nSPS) is 11.3. The summed E-state index contributed by atoms with van der Waals surface area (Å²) in [5.41, 5.74) is 2.05. The van der Waals surface area contributed by atoms with Crippen LogP contribution >= 0.6 is 23.5 Å². The Morgan fingerprint density at radius 2 is 1.63 bits per heavy atom. The molecule has 0 aliphatic carbocycles. The van der Waals surface area contributed by atoms with Crippen molar-refractivity contribution in [2.45, 2.75) is 17.6 Å². The van der Waals surface area contributed by atoms with Gasteiger partial charge in [-0.1, -0.05) is 66.2 Å². The van der Waals surface area contributed by atoms with Crippen molar-refractivity contribution >= 4 is 35.3 Å². The van der Waals surface area contributed by atoms with Crippen LogP contribution in [0.5, 0.6) is 0 Å². The molecule has 0 amide bonds. The summed E-state index contributed by atoms with van der Waals surface area (Å²) < 4.78 is 41.2. The molecule has 9 heteroatoms. The van der Waals surface area contributed by atoms with Gasteiger partial charge in [0.15, 0.2) is 5.82 Å². The zero-order valence-corrected chi connectivity index (χ0v) is 19.6. The summed E-state index contributed by atoms with van der Waals surface area (Å²) in [6, 6.07) is 24.5. The number of aromatic carboxylic acids is 1. The number of aromatic nitrogens is 1. The molecular weight excluding hydrogens is 497 g/mol. The quantitative estimate of drug-likeness (QED) is 0.255. The lowest BCUT2D eigenvalue weighted by atomic mass is 10.00. The van der Waals surface area contributed by atoms with Crippen LogP contribution in [0.4, 0.5) is 19.0 Å². The number of hydrogen-bond acceptors (Lipinski definition) is 4. The van der Waals surface area contributed by atoms with Crippen LogP contribution in [0.2, 0.25) is 5.02 Å². The van der Waals surface area contributed by atoms with Gasteiger partial charge < -0.3 is 5.11 Å². The second kappa shape index (κ2) is 10.4. The van der Waals surface area contributed by atoms with Crippen molar-refractivity contribution in [3.8, 4) is 11.1 Å². The van der Waals surface area contributed by atoms with E-state index < -0.39 is 17.7 Å². The zero-order valence-electron chi connectivity index (χ0n) is 18.0. The second-order valence-electron chi connectivity index (χ2n) is 7.51. The predicted molar refractivity (Wildman–Crippen MR) is 132 cm³/mol. The van der Waals surface area contributed by atoms with Gasteiger partial charge in [-0.2, -0.15) is 13.2 Å². The molecule has 178 valence electrons. The van der Waals surface area contributed by atoms with Crippen LogP contribution < -0.4 is 4.31 Å². The van der Waals surface area contributed by atoms with Gasteiger partial charge in [0.05, 0.1) is 22.7 Å². The van der Waals surface area contributed by atoms with Crippen molar-refractivity contribution in [1.82, 2.24) is 4.98 Å². The molecule has 1 N–H and O–H groups in total. The number of carboxylic acids is 1. The third kappa shape index (κ3) is 5.96. The van der Waals surface area contributed by atoms with E-state index >= 15 is 0 Å². The highest BCUT2D eigenvalue weighted by Crippen LogP contribution is 2.38.